The third-order valence-electron chi connectivity index (χ3n) is 7.74. The minimum absolute atomic E-state index is 0.0123. The van der Waals surface area contributed by atoms with Gasteiger partial charge in [0.15, 0.2) is 5.82 Å². The molecule has 224 valence electrons. The standard InChI is InChI=1S/C34H40N6O3/c1-5-43-32-14-9-7-12-30(32)23-37-17-10-18-39(27(4)41)31-13-8-6-11-29(31)24-38(20-19-37)34(42)28-15-16-33(35-22-28)40-26(3)21-25(2)36-40/h6-9,11-16,21-22H,5,10,17-20,23-24H2,1-4H3. The van der Waals surface area contributed by atoms with E-state index in [0.717, 1.165) is 46.9 Å². The predicted molar refractivity (Wildman–Crippen MR) is 168 cm³/mol. The van der Waals surface area contributed by atoms with Crippen LogP contribution in [-0.2, 0) is 17.9 Å². The van der Waals surface area contributed by atoms with Crippen molar-refractivity contribution in [2.45, 2.75) is 47.2 Å². The molecule has 0 spiro atoms. The van der Waals surface area contributed by atoms with Crippen LogP contribution in [0.25, 0.3) is 5.82 Å². The number of anilines is 1. The van der Waals surface area contributed by atoms with E-state index < -0.39 is 0 Å². The number of carbonyl (C=O) groups is 2. The van der Waals surface area contributed by atoms with Crippen LogP contribution in [-0.4, -0.2) is 69.2 Å². The average Bonchev–Trinajstić information content (AvgIpc) is 3.33. The Morgan fingerprint density at radius 1 is 0.930 bits per heavy atom. The van der Waals surface area contributed by atoms with Crippen LogP contribution in [0.4, 0.5) is 5.69 Å². The number of rotatable bonds is 6. The predicted octanol–water partition coefficient (Wildman–Crippen LogP) is 5.18. The third-order valence-corrected chi connectivity index (χ3v) is 7.74. The van der Waals surface area contributed by atoms with Crippen LogP contribution in [0.3, 0.4) is 0 Å². The summed E-state index contributed by atoms with van der Waals surface area (Å²) in [6, 6.07) is 21.6. The van der Waals surface area contributed by atoms with Gasteiger partial charge in [0, 0.05) is 69.3 Å². The van der Waals surface area contributed by atoms with Gasteiger partial charge in [-0.15, -0.1) is 0 Å². The monoisotopic (exact) mass is 580 g/mol. The fourth-order valence-electron chi connectivity index (χ4n) is 5.65. The van der Waals surface area contributed by atoms with Gasteiger partial charge < -0.3 is 14.5 Å². The van der Waals surface area contributed by atoms with Gasteiger partial charge in [-0.2, -0.15) is 5.10 Å². The number of para-hydroxylation sites is 2. The van der Waals surface area contributed by atoms with Crippen LogP contribution in [0, 0.1) is 13.8 Å². The summed E-state index contributed by atoms with van der Waals surface area (Å²) in [5.74, 6) is 1.42. The zero-order chi connectivity index (χ0) is 30.3. The van der Waals surface area contributed by atoms with Gasteiger partial charge in [0.1, 0.15) is 5.75 Å². The molecule has 2 amide bonds. The second-order valence-corrected chi connectivity index (χ2v) is 10.9. The van der Waals surface area contributed by atoms with Crippen molar-refractivity contribution in [1.82, 2.24) is 24.6 Å². The number of pyridine rings is 1. The van der Waals surface area contributed by atoms with Crippen LogP contribution >= 0.6 is 0 Å². The Hall–Kier alpha value is -4.50. The lowest BCUT2D eigenvalue weighted by molar-refractivity contribution is -0.116. The van der Waals surface area contributed by atoms with Crippen molar-refractivity contribution in [2.24, 2.45) is 0 Å². The second kappa shape index (κ2) is 13.6. The molecule has 2 aromatic carbocycles. The van der Waals surface area contributed by atoms with Crippen molar-refractivity contribution in [2.75, 3.05) is 37.7 Å². The van der Waals surface area contributed by atoms with E-state index in [-0.39, 0.29) is 11.8 Å². The minimum Gasteiger partial charge on any atom is -0.494 e. The average molecular weight is 581 g/mol. The number of hydrogen-bond donors (Lipinski definition) is 0. The van der Waals surface area contributed by atoms with E-state index in [9.17, 15) is 9.59 Å². The van der Waals surface area contributed by atoms with Gasteiger partial charge in [-0.25, -0.2) is 9.67 Å². The van der Waals surface area contributed by atoms with Gasteiger partial charge in [0.25, 0.3) is 5.91 Å². The molecule has 0 saturated carbocycles. The molecule has 5 rings (SSSR count). The molecule has 0 atom stereocenters. The number of amides is 2. The van der Waals surface area contributed by atoms with E-state index in [0.29, 0.717) is 50.7 Å². The number of ether oxygens (including phenoxy) is 1. The Morgan fingerprint density at radius 3 is 2.44 bits per heavy atom. The maximum Gasteiger partial charge on any atom is 0.255 e. The third kappa shape index (κ3) is 7.11. The molecule has 0 N–H and O–H groups in total. The molecule has 1 aliphatic heterocycles. The molecule has 9 heteroatoms. The highest BCUT2D eigenvalue weighted by Gasteiger charge is 2.24. The number of carbonyl (C=O) groups excluding carboxylic acids is 2. The number of nitrogens with zero attached hydrogens (tertiary/aromatic N) is 6. The maximum atomic E-state index is 14.0. The Balaban J connectivity index is 1.45. The maximum absolute atomic E-state index is 14.0. The molecule has 0 aliphatic carbocycles. The summed E-state index contributed by atoms with van der Waals surface area (Å²) in [4.78, 5) is 37.5. The van der Waals surface area contributed by atoms with Crippen molar-refractivity contribution in [3.8, 4) is 11.6 Å². The summed E-state index contributed by atoms with van der Waals surface area (Å²) in [7, 11) is 0. The molecule has 2 aromatic heterocycles. The van der Waals surface area contributed by atoms with Gasteiger partial charge in [-0.3, -0.25) is 14.5 Å². The molecule has 4 aromatic rings. The van der Waals surface area contributed by atoms with Gasteiger partial charge in [-0.1, -0.05) is 36.4 Å². The molecule has 0 fully saturated rings. The Kier molecular flexibility index (Phi) is 9.51. The fraction of sp³-hybridized carbons (Fsp3) is 0.353. The highest BCUT2D eigenvalue weighted by Crippen LogP contribution is 2.26. The molecule has 0 bridgehead atoms. The van der Waals surface area contributed by atoms with E-state index in [1.807, 2.05) is 91.2 Å². The first kappa shape index (κ1) is 30.0. The van der Waals surface area contributed by atoms with Crippen LogP contribution in [0.1, 0.15) is 53.1 Å². The van der Waals surface area contributed by atoms with Gasteiger partial charge in [0.05, 0.1) is 17.9 Å². The summed E-state index contributed by atoms with van der Waals surface area (Å²) in [5.41, 5.74) is 5.29. The number of aryl methyl sites for hydroxylation is 2. The summed E-state index contributed by atoms with van der Waals surface area (Å²) >= 11 is 0. The van der Waals surface area contributed by atoms with E-state index in [2.05, 4.69) is 21.0 Å². The first-order chi connectivity index (χ1) is 20.8. The zero-order valence-electron chi connectivity index (χ0n) is 25.5. The lowest BCUT2D eigenvalue weighted by atomic mass is 10.1. The Morgan fingerprint density at radius 2 is 1.72 bits per heavy atom. The molecule has 1 aliphatic rings. The van der Waals surface area contributed by atoms with Gasteiger partial charge in [-0.05, 0) is 63.1 Å². The smallest absolute Gasteiger partial charge is 0.255 e. The van der Waals surface area contributed by atoms with Crippen molar-refractivity contribution in [3.63, 3.8) is 0 Å². The molecule has 9 nitrogen and oxygen atoms in total. The first-order valence-electron chi connectivity index (χ1n) is 14.9. The van der Waals surface area contributed by atoms with Crippen molar-refractivity contribution in [1.29, 1.82) is 0 Å². The molecular weight excluding hydrogens is 540 g/mol. The van der Waals surface area contributed by atoms with Gasteiger partial charge in [0.2, 0.25) is 5.91 Å². The van der Waals surface area contributed by atoms with E-state index in [4.69, 9.17) is 4.74 Å². The number of benzene rings is 2. The van der Waals surface area contributed by atoms with Crippen LogP contribution in [0.5, 0.6) is 5.75 Å². The molecule has 3 heterocycles. The van der Waals surface area contributed by atoms with Crippen LogP contribution < -0.4 is 9.64 Å². The molecule has 0 unspecified atom stereocenters. The summed E-state index contributed by atoms with van der Waals surface area (Å²) in [5, 5.41) is 4.51. The van der Waals surface area contributed by atoms with E-state index in [1.54, 1.807) is 17.8 Å². The highest BCUT2D eigenvalue weighted by atomic mass is 16.5. The fourth-order valence-corrected chi connectivity index (χ4v) is 5.65. The Bertz CT molecular complexity index is 1560. The van der Waals surface area contributed by atoms with E-state index >= 15 is 0 Å². The molecule has 43 heavy (non-hydrogen) atoms. The van der Waals surface area contributed by atoms with Gasteiger partial charge >= 0.3 is 0 Å². The lowest BCUT2D eigenvalue weighted by Gasteiger charge is -2.28. The largest absolute Gasteiger partial charge is 0.494 e. The van der Waals surface area contributed by atoms with Crippen molar-refractivity contribution >= 4 is 17.5 Å². The van der Waals surface area contributed by atoms with Crippen LogP contribution in [0.15, 0.2) is 72.9 Å². The minimum atomic E-state index is -0.106. The number of hydrogen-bond acceptors (Lipinski definition) is 6. The quantitative estimate of drug-likeness (QED) is 0.312. The topological polar surface area (TPSA) is 83.8 Å². The second-order valence-electron chi connectivity index (χ2n) is 10.9. The highest BCUT2D eigenvalue weighted by molar-refractivity contribution is 5.95. The zero-order valence-corrected chi connectivity index (χ0v) is 25.5. The Labute approximate surface area is 253 Å². The summed E-state index contributed by atoms with van der Waals surface area (Å²) in [6.45, 7) is 11.7. The van der Waals surface area contributed by atoms with Crippen molar-refractivity contribution in [3.05, 3.63) is 101 Å². The molecular formula is C34H40N6O3. The SMILES string of the molecule is CCOc1ccccc1CN1CCCN(C(C)=O)c2ccccc2CN(C(=O)c2ccc(-n3nc(C)cc3C)nc2)CC1. The normalized spacial score (nSPS) is 14.6. The van der Waals surface area contributed by atoms with E-state index in [1.165, 1.54) is 0 Å². The first-order valence-corrected chi connectivity index (χ1v) is 14.9. The summed E-state index contributed by atoms with van der Waals surface area (Å²) < 4.78 is 7.68. The van der Waals surface area contributed by atoms with Crippen molar-refractivity contribution < 1.29 is 14.3 Å². The number of fused-ring (bicyclic) bond motifs is 1. The lowest BCUT2D eigenvalue weighted by Crippen LogP contribution is -2.38. The molecule has 0 radical (unpaired) electrons. The summed E-state index contributed by atoms with van der Waals surface area (Å²) in [6.07, 6.45) is 2.43. The van der Waals surface area contributed by atoms with Crippen LogP contribution in [0.2, 0.25) is 0 Å². The molecule has 0 saturated heterocycles. The number of aromatic nitrogens is 3.